The molecular formula is C20H29N5O8. The van der Waals surface area contributed by atoms with Crippen LogP contribution in [0, 0.1) is 0 Å². The van der Waals surface area contributed by atoms with Crippen LogP contribution < -0.4 is 27.4 Å². The molecule has 0 aliphatic carbocycles. The Bertz CT molecular complexity index is 872. The number of phenolic OH excluding ortho intramolecular Hbond substituents is 1. The smallest absolute Gasteiger partial charge is 0.326 e. The minimum atomic E-state index is -1.67. The van der Waals surface area contributed by atoms with Gasteiger partial charge in [0.05, 0.1) is 18.6 Å². The molecule has 33 heavy (non-hydrogen) atoms. The number of nitrogens with one attached hydrogen (secondary N) is 3. The van der Waals surface area contributed by atoms with E-state index in [1.54, 1.807) is 0 Å². The topological polar surface area (TPSA) is 234 Å². The number of nitrogens with two attached hydrogens (primary N) is 2. The molecule has 0 saturated carbocycles. The fraction of sp³-hybridized carbons (Fsp3) is 0.450. The molecule has 13 nitrogen and oxygen atoms in total. The Morgan fingerprint density at radius 2 is 1.45 bits per heavy atom. The lowest BCUT2D eigenvalue weighted by molar-refractivity contribution is -0.144. The third kappa shape index (κ3) is 9.13. The van der Waals surface area contributed by atoms with Crippen LogP contribution in [0.15, 0.2) is 24.3 Å². The van der Waals surface area contributed by atoms with Crippen molar-refractivity contribution < 1.29 is 39.3 Å². The summed E-state index contributed by atoms with van der Waals surface area (Å²) in [6.07, 6.45) is -2.21. The van der Waals surface area contributed by atoms with Gasteiger partial charge in [-0.1, -0.05) is 12.1 Å². The van der Waals surface area contributed by atoms with Crippen LogP contribution in [0.4, 0.5) is 0 Å². The van der Waals surface area contributed by atoms with Crippen LogP contribution >= 0.6 is 0 Å². The molecule has 5 atom stereocenters. The number of hydrogen-bond donors (Lipinski definition) is 8. The van der Waals surface area contributed by atoms with Gasteiger partial charge in [0.15, 0.2) is 0 Å². The van der Waals surface area contributed by atoms with Gasteiger partial charge in [0, 0.05) is 6.42 Å². The average Bonchev–Trinajstić information content (AvgIpc) is 2.71. The van der Waals surface area contributed by atoms with Crippen molar-refractivity contribution in [3.05, 3.63) is 29.8 Å². The lowest BCUT2D eigenvalue weighted by atomic mass is 10.0. The average molecular weight is 467 g/mol. The second-order valence-electron chi connectivity index (χ2n) is 7.52. The highest BCUT2D eigenvalue weighted by molar-refractivity contribution is 5.95. The first-order valence-corrected chi connectivity index (χ1v) is 9.95. The first kappa shape index (κ1) is 27.3. The van der Waals surface area contributed by atoms with Crippen molar-refractivity contribution in [2.24, 2.45) is 11.5 Å². The monoisotopic (exact) mass is 467 g/mol. The SMILES string of the molecule is CC(N)C(=O)NC(Cc1ccc(O)cc1)C(=O)NC(C(=O)NC(CC(N)=O)C(=O)O)C(C)O. The van der Waals surface area contributed by atoms with E-state index in [2.05, 4.69) is 10.6 Å². The number of rotatable bonds is 12. The van der Waals surface area contributed by atoms with Gasteiger partial charge in [-0.2, -0.15) is 0 Å². The summed E-state index contributed by atoms with van der Waals surface area (Å²) >= 11 is 0. The largest absolute Gasteiger partial charge is 0.508 e. The summed E-state index contributed by atoms with van der Waals surface area (Å²) < 4.78 is 0. The lowest BCUT2D eigenvalue weighted by Gasteiger charge is -2.26. The molecule has 182 valence electrons. The maximum Gasteiger partial charge on any atom is 0.326 e. The van der Waals surface area contributed by atoms with Crippen LogP contribution in [0.3, 0.4) is 0 Å². The van der Waals surface area contributed by atoms with E-state index < -0.39 is 66.3 Å². The van der Waals surface area contributed by atoms with Crippen LogP contribution in [0.2, 0.25) is 0 Å². The molecule has 0 saturated heterocycles. The Balaban J connectivity index is 3.05. The van der Waals surface area contributed by atoms with Crippen molar-refractivity contribution in [2.45, 2.75) is 57.0 Å². The maximum absolute atomic E-state index is 12.9. The summed E-state index contributed by atoms with van der Waals surface area (Å²) in [7, 11) is 0. The number of phenols is 1. The van der Waals surface area contributed by atoms with Gasteiger partial charge in [-0.05, 0) is 31.5 Å². The molecule has 0 aliphatic heterocycles. The number of benzene rings is 1. The van der Waals surface area contributed by atoms with Crippen molar-refractivity contribution in [1.82, 2.24) is 16.0 Å². The molecule has 0 heterocycles. The summed E-state index contributed by atoms with van der Waals surface area (Å²) in [6.45, 7) is 2.59. The number of carbonyl (C=O) groups is 5. The first-order chi connectivity index (χ1) is 15.3. The van der Waals surface area contributed by atoms with Gasteiger partial charge in [-0.15, -0.1) is 0 Å². The van der Waals surface area contributed by atoms with Gasteiger partial charge < -0.3 is 42.7 Å². The number of primary amides is 1. The third-order valence-corrected chi connectivity index (χ3v) is 4.51. The van der Waals surface area contributed by atoms with E-state index >= 15 is 0 Å². The van der Waals surface area contributed by atoms with E-state index in [0.29, 0.717) is 5.56 Å². The van der Waals surface area contributed by atoms with E-state index in [1.165, 1.54) is 38.1 Å². The Morgan fingerprint density at radius 3 is 1.91 bits per heavy atom. The minimum absolute atomic E-state index is 0.00541. The normalized spacial score (nSPS) is 15.3. The number of aromatic hydroxyl groups is 1. The summed E-state index contributed by atoms with van der Waals surface area (Å²) in [4.78, 5) is 59.8. The van der Waals surface area contributed by atoms with Crippen molar-refractivity contribution in [1.29, 1.82) is 0 Å². The van der Waals surface area contributed by atoms with Crippen molar-refractivity contribution in [2.75, 3.05) is 0 Å². The predicted molar refractivity (Wildman–Crippen MR) is 114 cm³/mol. The number of carboxylic acid groups (broad SMARTS) is 1. The number of hydrogen-bond acceptors (Lipinski definition) is 8. The maximum atomic E-state index is 12.9. The quantitative estimate of drug-likeness (QED) is 0.157. The molecule has 0 radical (unpaired) electrons. The standard InChI is InChI=1S/C20H29N5O8/c1-9(21)17(29)23-13(7-11-3-5-12(27)6-4-11)18(30)25-16(10(2)26)19(31)24-14(20(32)33)8-15(22)28/h3-6,9-10,13-14,16,26-27H,7-8,21H2,1-2H3,(H2,22,28)(H,23,29)(H,24,31)(H,25,30)(H,32,33). The van der Waals surface area contributed by atoms with Gasteiger partial charge in [-0.3, -0.25) is 19.2 Å². The molecule has 5 unspecified atom stereocenters. The summed E-state index contributed by atoms with van der Waals surface area (Å²) in [5.41, 5.74) is 11.1. The third-order valence-electron chi connectivity index (χ3n) is 4.51. The second-order valence-corrected chi connectivity index (χ2v) is 7.52. The predicted octanol–water partition coefficient (Wildman–Crippen LogP) is -2.92. The number of aliphatic carboxylic acids is 1. The van der Waals surface area contributed by atoms with Crippen molar-refractivity contribution in [3.8, 4) is 5.75 Å². The molecule has 13 heteroatoms. The lowest BCUT2D eigenvalue weighted by Crippen LogP contribution is -2.60. The van der Waals surface area contributed by atoms with Gasteiger partial charge in [0.1, 0.15) is 23.9 Å². The van der Waals surface area contributed by atoms with Crippen molar-refractivity contribution in [3.63, 3.8) is 0 Å². The van der Waals surface area contributed by atoms with E-state index in [1.807, 2.05) is 5.32 Å². The molecule has 0 spiro atoms. The number of carbonyl (C=O) groups excluding carboxylic acids is 4. The highest BCUT2D eigenvalue weighted by Gasteiger charge is 2.33. The molecule has 0 fully saturated rings. The second kappa shape index (κ2) is 12.4. The highest BCUT2D eigenvalue weighted by Crippen LogP contribution is 2.12. The molecule has 4 amide bonds. The van der Waals surface area contributed by atoms with Gasteiger partial charge in [0.2, 0.25) is 23.6 Å². The zero-order valence-electron chi connectivity index (χ0n) is 18.1. The molecular weight excluding hydrogens is 438 g/mol. The van der Waals surface area contributed by atoms with Crippen LogP contribution in [0.1, 0.15) is 25.8 Å². The Labute approximate surface area is 189 Å². The zero-order valence-corrected chi connectivity index (χ0v) is 18.1. The van der Waals surface area contributed by atoms with Gasteiger partial charge >= 0.3 is 5.97 Å². The molecule has 10 N–H and O–H groups in total. The Morgan fingerprint density at radius 1 is 0.909 bits per heavy atom. The number of amides is 4. The Hall–Kier alpha value is -3.71. The molecule has 1 aromatic rings. The van der Waals surface area contributed by atoms with Gasteiger partial charge in [0.25, 0.3) is 0 Å². The summed E-state index contributed by atoms with van der Waals surface area (Å²) in [5, 5.41) is 35.3. The molecule has 1 aromatic carbocycles. The fourth-order valence-electron chi connectivity index (χ4n) is 2.70. The number of aliphatic hydroxyl groups excluding tert-OH is 1. The number of carboxylic acids is 1. The Kier molecular flexibility index (Phi) is 10.2. The van der Waals surface area contributed by atoms with E-state index in [0.717, 1.165) is 0 Å². The van der Waals surface area contributed by atoms with Crippen molar-refractivity contribution >= 4 is 29.6 Å². The van der Waals surface area contributed by atoms with Crippen LogP contribution in [-0.4, -0.2) is 75.2 Å². The van der Waals surface area contributed by atoms with Crippen LogP contribution in [-0.2, 0) is 30.4 Å². The van der Waals surface area contributed by atoms with E-state index in [-0.39, 0.29) is 12.2 Å². The summed E-state index contributed by atoms with van der Waals surface area (Å²) in [6, 6.07) is 0.370. The molecule has 1 rings (SSSR count). The molecule has 0 aliphatic rings. The number of aliphatic hydroxyl groups is 1. The fourth-order valence-corrected chi connectivity index (χ4v) is 2.70. The first-order valence-electron chi connectivity index (χ1n) is 9.95. The van der Waals surface area contributed by atoms with Gasteiger partial charge in [-0.25, -0.2) is 4.79 Å². The van der Waals surface area contributed by atoms with Crippen LogP contribution in [0.25, 0.3) is 0 Å². The van der Waals surface area contributed by atoms with E-state index in [9.17, 15) is 34.2 Å². The van der Waals surface area contributed by atoms with E-state index in [4.69, 9.17) is 16.6 Å². The molecule has 0 bridgehead atoms. The summed E-state index contributed by atoms with van der Waals surface area (Å²) in [5.74, 6) is -5.11. The highest BCUT2D eigenvalue weighted by atomic mass is 16.4. The minimum Gasteiger partial charge on any atom is -0.508 e. The molecule has 0 aromatic heterocycles. The van der Waals surface area contributed by atoms with Crippen LogP contribution in [0.5, 0.6) is 5.75 Å². The zero-order chi connectivity index (χ0) is 25.3.